The van der Waals surface area contributed by atoms with E-state index in [2.05, 4.69) is 36.9 Å². The SMILES string of the molecule is CNC(=O)NC(N)=NCCC[C@@H]1NC(=O)[C@@H](CCSC)NC(=O)C[C@@H](C(=O)O)NC(=O)C[C@@H](C(=O)O)NC(=O)[C@H](Cc2ccccc2)N(C)C1=O. The number of nitrogens with one attached hydrogen (secondary N) is 6. The Kier molecular flexibility index (Phi) is 17.2. The molecule has 1 aromatic carbocycles. The van der Waals surface area contributed by atoms with E-state index in [1.165, 1.54) is 25.9 Å². The highest BCUT2D eigenvalue weighted by Gasteiger charge is 2.36. The third kappa shape index (κ3) is 14.2. The van der Waals surface area contributed by atoms with Crippen molar-refractivity contribution in [1.82, 2.24) is 36.8 Å². The summed E-state index contributed by atoms with van der Waals surface area (Å²) in [6, 6.07) is 0.423. The minimum Gasteiger partial charge on any atom is -0.480 e. The Bertz CT molecular complexity index is 1460. The van der Waals surface area contributed by atoms with Crippen molar-refractivity contribution in [2.75, 3.05) is 32.6 Å². The molecule has 0 bridgehead atoms. The van der Waals surface area contributed by atoms with Gasteiger partial charge >= 0.3 is 18.0 Å². The molecule has 10 N–H and O–H groups in total. The number of aliphatic imine (C=N–C) groups is 1. The number of guanidine groups is 1. The number of hydrogen-bond donors (Lipinski definition) is 9. The Morgan fingerprint density at radius 3 is 2.10 bits per heavy atom. The molecule has 0 unspecified atom stereocenters. The van der Waals surface area contributed by atoms with Crippen molar-refractivity contribution in [3.05, 3.63) is 35.9 Å². The van der Waals surface area contributed by atoms with E-state index in [-0.39, 0.29) is 38.2 Å². The molecule has 5 atom stereocenters. The fourth-order valence-corrected chi connectivity index (χ4v) is 5.41. The van der Waals surface area contributed by atoms with Crippen LogP contribution < -0.4 is 37.6 Å². The molecule has 7 amide bonds. The Balaban J connectivity index is 2.58. The van der Waals surface area contributed by atoms with Crippen LogP contribution in [0.5, 0.6) is 0 Å². The first-order chi connectivity index (χ1) is 24.2. The number of nitrogens with zero attached hydrogens (tertiary/aromatic N) is 2. The maximum Gasteiger partial charge on any atom is 0.326 e. The topological polar surface area (TPSA) is 291 Å². The molecule has 1 aromatic rings. The molecule has 0 saturated carbocycles. The molecule has 280 valence electrons. The molecular formula is C31H45N9O10S. The lowest BCUT2D eigenvalue weighted by atomic mass is 10.0. The third-order valence-electron chi connectivity index (χ3n) is 7.70. The maximum atomic E-state index is 14.1. The summed E-state index contributed by atoms with van der Waals surface area (Å²) in [4.78, 5) is 108. The summed E-state index contributed by atoms with van der Waals surface area (Å²) in [5.74, 6) is -7.46. The largest absolute Gasteiger partial charge is 0.480 e. The summed E-state index contributed by atoms with van der Waals surface area (Å²) < 4.78 is 0. The van der Waals surface area contributed by atoms with Gasteiger partial charge in [-0.1, -0.05) is 30.3 Å². The number of rotatable bonds is 11. The lowest BCUT2D eigenvalue weighted by Gasteiger charge is -2.32. The summed E-state index contributed by atoms with van der Waals surface area (Å²) in [5, 5.41) is 33.6. The predicted octanol–water partition coefficient (Wildman–Crippen LogP) is -2.26. The van der Waals surface area contributed by atoms with Gasteiger partial charge in [-0.15, -0.1) is 0 Å². The number of carbonyl (C=O) groups is 8. The fraction of sp³-hybridized carbons (Fsp3) is 0.516. The van der Waals surface area contributed by atoms with Crippen molar-refractivity contribution in [2.24, 2.45) is 10.7 Å². The van der Waals surface area contributed by atoms with Gasteiger partial charge < -0.3 is 47.4 Å². The predicted molar refractivity (Wildman–Crippen MR) is 185 cm³/mol. The van der Waals surface area contributed by atoms with Crippen LogP contribution in [0.25, 0.3) is 0 Å². The van der Waals surface area contributed by atoms with Gasteiger partial charge in [-0.3, -0.25) is 34.3 Å². The van der Waals surface area contributed by atoms with Crippen molar-refractivity contribution in [1.29, 1.82) is 0 Å². The molecule has 20 heteroatoms. The Morgan fingerprint density at radius 2 is 1.51 bits per heavy atom. The van der Waals surface area contributed by atoms with E-state index in [0.29, 0.717) is 11.3 Å². The zero-order valence-corrected chi connectivity index (χ0v) is 29.3. The number of hydrogen-bond acceptors (Lipinski definition) is 10. The molecule has 0 spiro atoms. The summed E-state index contributed by atoms with van der Waals surface area (Å²) in [6.07, 6.45) is 0.169. The normalized spacial score (nSPS) is 22.8. The smallest absolute Gasteiger partial charge is 0.326 e. The number of carboxylic acid groups (broad SMARTS) is 2. The number of amides is 7. The van der Waals surface area contributed by atoms with Crippen LogP contribution >= 0.6 is 11.8 Å². The van der Waals surface area contributed by atoms with E-state index in [9.17, 15) is 48.6 Å². The van der Waals surface area contributed by atoms with Gasteiger partial charge in [-0.25, -0.2) is 14.4 Å². The first-order valence-electron chi connectivity index (χ1n) is 15.9. The van der Waals surface area contributed by atoms with Gasteiger partial charge in [0, 0.05) is 27.1 Å². The van der Waals surface area contributed by atoms with Crippen LogP contribution in [0.15, 0.2) is 35.3 Å². The monoisotopic (exact) mass is 735 g/mol. The van der Waals surface area contributed by atoms with Gasteiger partial charge in [0.1, 0.15) is 30.2 Å². The number of aliphatic carboxylic acids is 2. The fourth-order valence-electron chi connectivity index (χ4n) is 4.94. The van der Waals surface area contributed by atoms with Gasteiger partial charge in [0.25, 0.3) is 0 Å². The van der Waals surface area contributed by atoms with E-state index in [1.807, 2.05) is 0 Å². The highest BCUT2D eigenvalue weighted by atomic mass is 32.2. The number of nitrogens with two attached hydrogens (primary N) is 1. The molecule has 1 aliphatic rings. The lowest BCUT2D eigenvalue weighted by molar-refractivity contribution is -0.147. The second kappa shape index (κ2) is 21.0. The average Bonchev–Trinajstić information content (AvgIpc) is 3.08. The van der Waals surface area contributed by atoms with Gasteiger partial charge in [-0.05, 0) is 36.8 Å². The minimum atomic E-state index is -1.84. The first-order valence-corrected chi connectivity index (χ1v) is 17.3. The van der Waals surface area contributed by atoms with E-state index in [1.54, 1.807) is 36.6 Å². The molecule has 1 aliphatic heterocycles. The van der Waals surface area contributed by atoms with Crippen molar-refractivity contribution in [2.45, 2.75) is 68.7 Å². The number of thioether (sulfide) groups is 1. The molecule has 0 aliphatic carbocycles. The first kappa shape index (κ1) is 41.8. The van der Waals surface area contributed by atoms with Gasteiger partial charge in [0.05, 0.1) is 12.8 Å². The van der Waals surface area contributed by atoms with E-state index in [0.717, 1.165) is 4.90 Å². The zero-order chi connectivity index (χ0) is 38.1. The molecule has 1 fully saturated rings. The maximum absolute atomic E-state index is 14.1. The number of urea groups is 1. The van der Waals surface area contributed by atoms with Crippen molar-refractivity contribution in [3.8, 4) is 0 Å². The summed E-state index contributed by atoms with van der Waals surface area (Å²) >= 11 is 1.37. The van der Waals surface area contributed by atoms with Crippen LogP contribution in [0.4, 0.5) is 4.79 Å². The Morgan fingerprint density at radius 1 is 0.902 bits per heavy atom. The summed E-state index contributed by atoms with van der Waals surface area (Å²) in [5.41, 5.74) is 6.32. The quantitative estimate of drug-likeness (QED) is 0.0661. The molecule has 1 saturated heterocycles. The number of benzene rings is 1. The molecular weight excluding hydrogens is 690 g/mol. The van der Waals surface area contributed by atoms with Crippen molar-refractivity contribution in [3.63, 3.8) is 0 Å². The molecule has 1 heterocycles. The van der Waals surface area contributed by atoms with Crippen LogP contribution in [0.2, 0.25) is 0 Å². The van der Waals surface area contributed by atoms with Crippen molar-refractivity contribution < 1.29 is 48.6 Å². The van der Waals surface area contributed by atoms with Crippen LogP contribution in [-0.2, 0) is 40.0 Å². The highest BCUT2D eigenvalue weighted by Crippen LogP contribution is 2.14. The number of likely N-dealkylation sites (N-methyl/N-ethyl adjacent to an activating group) is 1. The van der Waals surface area contributed by atoms with E-state index < -0.39 is 90.6 Å². The Labute approximate surface area is 298 Å². The lowest BCUT2D eigenvalue weighted by Crippen LogP contribution is -2.58. The second-order valence-electron chi connectivity index (χ2n) is 11.5. The molecule has 0 aromatic heterocycles. The number of carbonyl (C=O) groups excluding carboxylic acids is 6. The molecule has 51 heavy (non-hydrogen) atoms. The van der Waals surface area contributed by atoms with Crippen LogP contribution in [-0.4, -0.2) is 131 Å². The van der Waals surface area contributed by atoms with Gasteiger partial charge in [-0.2, -0.15) is 11.8 Å². The standard InChI is InChI=1S/C31H45N9O10S/c1-33-31(50)39-30(32)34-12-7-10-19-27(45)40(2)22(14-17-8-5-4-6-9-17)26(44)38-21(29(48)49)16-24(42)36-20(28(46)47)15-23(41)35-18(11-13-51-3)25(43)37-19/h4-6,8-9,18-22H,7,10-16H2,1-3H3,(H,35,41)(H,36,42)(H,37,43)(H,38,44)(H,46,47)(H,48,49)(H4,32,33,34,39,50)/t18-,19+,20+,21+,22+/m1/s1. The highest BCUT2D eigenvalue weighted by molar-refractivity contribution is 7.98. The zero-order valence-electron chi connectivity index (χ0n) is 28.5. The van der Waals surface area contributed by atoms with Crippen LogP contribution in [0, 0.1) is 0 Å². The van der Waals surface area contributed by atoms with E-state index in [4.69, 9.17) is 5.73 Å². The van der Waals surface area contributed by atoms with Crippen LogP contribution in [0.3, 0.4) is 0 Å². The van der Waals surface area contributed by atoms with Gasteiger partial charge in [0.2, 0.25) is 29.5 Å². The van der Waals surface area contributed by atoms with E-state index >= 15 is 0 Å². The average molecular weight is 736 g/mol. The second-order valence-corrected chi connectivity index (χ2v) is 12.5. The Hall–Kier alpha value is -5.40. The third-order valence-corrected chi connectivity index (χ3v) is 8.34. The minimum absolute atomic E-state index is 0.0116. The van der Waals surface area contributed by atoms with Crippen LogP contribution in [0.1, 0.15) is 37.7 Å². The molecule has 0 radical (unpaired) electrons. The molecule has 19 nitrogen and oxygen atoms in total. The van der Waals surface area contributed by atoms with Gasteiger partial charge in [0.15, 0.2) is 5.96 Å². The summed E-state index contributed by atoms with van der Waals surface area (Å²) in [7, 11) is 2.69. The van der Waals surface area contributed by atoms with Crippen molar-refractivity contribution >= 4 is 65.2 Å². The molecule has 2 rings (SSSR count). The number of carboxylic acids is 2. The summed E-state index contributed by atoms with van der Waals surface area (Å²) in [6.45, 7) is 0.0116.